The molecule has 0 atom stereocenters. The molecule has 6 nitrogen and oxygen atoms in total. The van der Waals surface area contributed by atoms with Gasteiger partial charge in [0.2, 0.25) is 5.89 Å². The van der Waals surface area contributed by atoms with Gasteiger partial charge in [0, 0.05) is 9.92 Å². The number of hydrogen-bond acceptors (Lipinski definition) is 6. The fourth-order valence-electron chi connectivity index (χ4n) is 2.28. The smallest absolute Gasteiger partial charge is 0.252 e. The van der Waals surface area contributed by atoms with Crippen LogP contribution in [-0.4, -0.2) is 29.2 Å². The van der Waals surface area contributed by atoms with Gasteiger partial charge in [-0.15, -0.1) is 11.8 Å². The third kappa shape index (κ3) is 5.74. The van der Waals surface area contributed by atoms with Gasteiger partial charge in [-0.1, -0.05) is 28.9 Å². The van der Waals surface area contributed by atoms with E-state index in [4.69, 9.17) is 20.9 Å². The van der Waals surface area contributed by atoms with E-state index in [1.54, 1.807) is 37.3 Å². The molecule has 0 radical (unpaired) electrons. The maximum Gasteiger partial charge on any atom is 0.252 e. The van der Waals surface area contributed by atoms with Crippen LogP contribution >= 0.6 is 23.4 Å². The number of halogens is 1. The van der Waals surface area contributed by atoms with Gasteiger partial charge >= 0.3 is 0 Å². The summed E-state index contributed by atoms with van der Waals surface area (Å²) in [6.45, 7) is 2.53. The van der Waals surface area contributed by atoms with Crippen molar-refractivity contribution in [3.8, 4) is 5.75 Å². The molecule has 27 heavy (non-hydrogen) atoms. The number of ether oxygens (including phenoxy) is 1. The van der Waals surface area contributed by atoms with Gasteiger partial charge in [0.05, 0.1) is 17.9 Å². The third-order valence-electron chi connectivity index (χ3n) is 3.52. The van der Waals surface area contributed by atoms with Gasteiger partial charge in [0.15, 0.2) is 5.82 Å². The molecule has 0 fully saturated rings. The normalized spacial score (nSPS) is 10.6. The van der Waals surface area contributed by atoms with Crippen LogP contribution in [0.15, 0.2) is 57.9 Å². The Morgan fingerprint density at radius 2 is 2.00 bits per heavy atom. The molecule has 0 aliphatic carbocycles. The monoisotopic (exact) mass is 403 g/mol. The molecule has 1 aromatic heterocycles. The van der Waals surface area contributed by atoms with Gasteiger partial charge in [-0.3, -0.25) is 4.79 Å². The maximum absolute atomic E-state index is 12.5. The van der Waals surface area contributed by atoms with Crippen molar-refractivity contribution >= 4 is 29.3 Å². The van der Waals surface area contributed by atoms with Gasteiger partial charge in [-0.2, -0.15) is 4.98 Å². The summed E-state index contributed by atoms with van der Waals surface area (Å²) in [5.41, 5.74) is 0.602. The van der Waals surface area contributed by atoms with Crippen LogP contribution in [-0.2, 0) is 5.75 Å². The van der Waals surface area contributed by atoms with Crippen LogP contribution < -0.4 is 10.1 Å². The Bertz CT molecular complexity index is 899. The Morgan fingerprint density at radius 3 is 2.74 bits per heavy atom. The number of rotatable bonds is 8. The molecule has 0 aliphatic rings. The number of aryl methyl sites for hydroxylation is 1. The summed E-state index contributed by atoms with van der Waals surface area (Å²) in [6.07, 6.45) is 0. The maximum atomic E-state index is 12.5. The average molecular weight is 404 g/mol. The van der Waals surface area contributed by atoms with Crippen LogP contribution in [0.2, 0.25) is 5.02 Å². The number of thioether (sulfide) groups is 1. The highest BCUT2D eigenvalue weighted by Gasteiger charge is 2.12. The van der Waals surface area contributed by atoms with Crippen molar-refractivity contribution in [1.29, 1.82) is 0 Å². The molecule has 8 heteroatoms. The largest absolute Gasteiger partial charge is 0.492 e. The Balaban J connectivity index is 1.51. The Kier molecular flexibility index (Phi) is 6.73. The van der Waals surface area contributed by atoms with Crippen molar-refractivity contribution < 1.29 is 14.1 Å². The van der Waals surface area contributed by atoms with Crippen molar-refractivity contribution in [2.45, 2.75) is 17.6 Å². The number of amides is 1. The quantitative estimate of drug-likeness (QED) is 0.450. The first-order valence-corrected chi connectivity index (χ1v) is 9.66. The van der Waals surface area contributed by atoms with Gasteiger partial charge < -0.3 is 14.6 Å². The van der Waals surface area contributed by atoms with Crippen LogP contribution in [0.1, 0.15) is 22.1 Å². The number of benzene rings is 2. The second-order valence-electron chi connectivity index (χ2n) is 5.58. The molecule has 3 aromatic rings. The summed E-state index contributed by atoms with van der Waals surface area (Å²) in [5, 5.41) is 7.29. The fourth-order valence-corrected chi connectivity index (χ4v) is 3.29. The number of nitrogens with zero attached hydrogens (tertiary/aromatic N) is 2. The number of carbonyl (C=O) groups excluding carboxylic acids is 1. The van der Waals surface area contributed by atoms with E-state index in [2.05, 4.69) is 15.5 Å². The zero-order valence-electron chi connectivity index (χ0n) is 14.6. The molecule has 0 saturated carbocycles. The third-order valence-corrected chi connectivity index (χ3v) is 4.83. The summed E-state index contributed by atoms with van der Waals surface area (Å²) in [7, 11) is 0. The van der Waals surface area contributed by atoms with Crippen LogP contribution in [0.25, 0.3) is 0 Å². The van der Waals surface area contributed by atoms with Gasteiger partial charge in [-0.05, 0) is 43.3 Å². The summed E-state index contributed by atoms with van der Waals surface area (Å²) >= 11 is 7.31. The van der Waals surface area contributed by atoms with E-state index in [1.807, 2.05) is 18.2 Å². The number of hydrogen-bond donors (Lipinski definition) is 1. The highest BCUT2D eigenvalue weighted by atomic mass is 35.5. The minimum Gasteiger partial charge on any atom is -0.492 e. The first-order chi connectivity index (χ1) is 13.1. The molecule has 0 spiro atoms. The SMILES string of the molecule is Cc1noc(CSc2ccccc2C(=O)NCCOc2ccc(Cl)cc2)n1. The number of aromatic nitrogens is 2. The Hall–Kier alpha value is -2.51. The van der Waals surface area contributed by atoms with E-state index in [9.17, 15) is 4.79 Å². The molecule has 0 saturated heterocycles. The standard InChI is InChI=1S/C19H18ClN3O3S/c1-13-22-18(26-23-13)12-27-17-5-3-2-4-16(17)19(24)21-10-11-25-15-8-6-14(20)7-9-15/h2-9H,10-12H2,1H3,(H,21,24). The van der Waals surface area contributed by atoms with E-state index in [0.717, 1.165) is 4.90 Å². The molecule has 0 aliphatic heterocycles. The second kappa shape index (κ2) is 9.43. The second-order valence-corrected chi connectivity index (χ2v) is 7.03. The lowest BCUT2D eigenvalue weighted by Gasteiger charge is -2.10. The van der Waals surface area contributed by atoms with Crippen LogP contribution in [0.5, 0.6) is 5.75 Å². The van der Waals surface area contributed by atoms with Crippen molar-refractivity contribution in [3.63, 3.8) is 0 Å². The molecule has 0 unspecified atom stereocenters. The summed E-state index contributed by atoms with van der Waals surface area (Å²) in [6, 6.07) is 14.5. The molecule has 1 heterocycles. The van der Waals surface area contributed by atoms with E-state index >= 15 is 0 Å². The Labute approximate surface area is 166 Å². The molecule has 1 N–H and O–H groups in total. The predicted molar refractivity (Wildman–Crippen MR) is 104 cm³/mol. The number of carbonyl (C=O) groups is 1. The number of nitrogens with one attached hydrogen (secondary N) is 1. The molecule has 2 aromatic carbocycles. The lowest BCUT2D eigenvalue weighted by molar-refractivity contribution is 0.0944. The highest BCUT2D eigenvalue weighted by Crippen LogP contribution is 2.25. The summed E-state index contributed by atoms with van der Waals surface area (Å²) in [4.78, 5) is 17.5. The molecule has 0 bridgehead atoms. The zero-order valence-corrected chi connectivity index (χ0v) is 16.2. The van der Waals surface area contributed by atoms with Crippen molar-refractivity contribution in [2.75, 3.05) is 13.2 Å². The fraction of sp³-hybridized carbons (Fsp3) is 0.211. The minimum absolute atomic E-state index is 0.153. The van der Waals surface area contributed by atoms with E-state index in [0.29, 0.717) is 47.0 Å². The zero-order chi connectivity index (χ0) is 19.1. The lowest BCUT2D eigenvalue weighted by Crippen LogP contribution is -2.28. The molecule has 140 valence electrons. The molecular weight excluding hydrogens is 386 g/mol. The first kappa shape index (κ1) is 19.3. The topological polar surface area (TPSA) is 77.2 Å². The Morgan fingerprint density at radius 1 is 1.22 bits per heavy atom. The first-order valence-electron chi connectivity index (χ1n) is 8.29. The van der Waals surface area contributed by atoms with Gasteiger partial charge in [-0.25, -0.2) is 0 Å². The summed E-state index contributed by atoms with van der Waals surface area (Å²) < 4.78 is 10.7. The minimum atomic E-state index is -0.153. The van der Waals surface area contributed by atoms with E-state index in [-0.39, 0.29) is 5.91 Å². The molecule has 1 amide bonds. The van der Waals surface area contributed by atoms with Gasteiger partial charge in [0.1, 0.15) is 12.4 Å². The molecule has 3 rings (SSSR count). The lowest BCUT2D eigenvalue weighted by atomic mass is 10.2. The van der Waals surface area contributed by atoms with Crippen LogP contribution in [0.4, 0.5) is 0 Å². The van der Waals surface area contributed by atoms with Gasteiger partial charge in [0.25, 0.3) is 5.91 Å². The van der Waals surface area contributed by atoms with E-state index < -0.39 is 0 Å². The van der Waals surface area contributed by atoms with Crippen LogP contribution in [0, 0.1) is 6.92 Å². The van der Waals surface area contributed by atoms with Crippen molar-refractivity contribution in [2.24, 2.45) is 0 Å². The predicted octanol–water partition coefficient (Wildman–Crippen LogP) is 4.13. The van der Waals surface area contributed by atoms with Crippen molar-refractivity contribution in [3.05, 3.63) is 70.8 Å². The van der Waals surface area contributed by atoms with E-state index in [1.165, 1.54) is 11.8 Å². The highest BCUT2D eigenvalue weighted by molar-refractivity contribution is 7.98. The van der Waals surface area contributed by atoms with Crippen LogP contribution in [0.3, 0.4) is 0 Å². The average Bonchev–Trinajstić information content (AvgIpc) is 3.10. The van der Waals surface area contributed by atoms with Crippen molar-refractivity contribution in [1.82, 2.24) is 15.5 Å². The summed E-state index contributed by atoms with van der Waals surface area (Å²) in [5.74, 6) is 2.19. The molecular formula is C19H18ClN3O3S.